The van der Waals surface area contributed by atoms with Crippen molar-refractivity contribution >= 4 is 5.69 Å². The van der Waals surface area contributed by atoms with Crippen molar-refractivity contribution in [1.29, 1.82) is 0 Å². The molecule has 0 saturated heterocycles. The molecule has 0 aliphatic carbocycles. The molecule has 2 aromatic rings. The van der Waals surface area contributed by atoms with Crippen molar-refractivity contribution in [2.45, 2.75) is 6.04 Å². The summed E-state index contributed by atoms with van der Waals surface area (Å²) in [5.41, 5.74) is 7.80. The lowest BCUT2D eigenvalue weighted by molar-refractivity contribution is 0.372. The summed E-state index contributed by atoms with van der Waals surface area (Å²) in [5.74, 6) is 0.747. The van der Waals surface area contributed by atoms with E-state index >= 15 is 0 Å². The van der Waals surface area contributed by atoms with Crippen molar-refractivity contribution in [3.8, 4) is 17.2 Å². The van der Waals surface area contributed by atoms with E-state index in [1.54, 1.807) is 24.3 Å². The Balaban J connectivity index is 2.32. The smallest absolute Gasteiger partial charge is 0.160 e. The standard InChI is InChI=1S/C16H20N2O3/c1-18(12-4-6-13(19)7-5-12)14(10-17)11-3-8-15(20)16(9-11)21-2/h3-9,14,19-20H,10,17H2,1-2H3. The van der Waals surface area contributed by atoms with E-state index < -0.39 is 0 Å². The van der Waals surface area contributed by atoms with Crippen LogP contribution in [0.5, 0.6) is 17.2 Å². The van der Waals surface area contributed by atoms with E-state index in [-0.39, 0.29) is 17.5 Å². The summed E-state index contributed by atoms with van der Waals surface area (Å²) >= 11 is 0. The molecule has 1 atom stereocenters. The van der Waals surface area contributed by atoms with E-state index in [2.05, 4.69) is 0 Å². The number of nitrogens with zero attached hydrogens (tertiary/aromatic N) is 1. The predicted octanol–water partition coefficient (Wildman–Crippen LogP) is 2.24. The van der Waals surface area contributed by atoms with Gasteiger partial charge in [-0.25, -0.2) is 0 Å². The summed E-state index contributed by atoms with van der Waals surface area (Å²) in [4.78, 5) is 2.02. The van der Waals surface area contributed by atoms with Crippen LogP contribution in [0.2, 0.25) is 0 Å². The quantitative estimate of drug-likeness (QED) is 0.786. The van der Waals surface area contributed by atoms with Crippen molar-refractivity contribution in [2.24, 2.45) is 5.73 Å². The Labute approximate surface area is 124 Å². The van der Waals surface area contributed by atoms with Crippen LogP contribution in [0.3, 0.4) is 0 Å². The fraction of sp³-hybridized carbons (Fsp3) is 0.250. The second kappa shape index (κ2) is 6.37. The number of ether oxygens (including phenoxy) is 1. The van der Waals surface area contributed by atoms with E-state index in [0.29, 0.717) is 12.3 Å². The average Bonchev–Trinajstić information content (AvgIpc) is 2.50. The van der Waals surface area contributed by atoms with Gasteiger partial charge in [0, 0.05) is 19.3 Å². The molecule has 1 unspecified atom stereocenters. The van der Waals surface area contributed by atoms with Crippen molar-refractivity contribution in [3.63, 3.8) is 0 Å². The first-order valence-electron chi connectivity index (χ1n) is 6.65. The first-order valence-corrected chi connectivity index (χ1v) is 6.65. The highest BCUT2D eigenvalue weighted by atomic mass is 16.5. The van der Waals surface area contributed by atoms with Gasteiger partial charge in [-0.3, -0.25) is 0 Å². The molecule has 4 N–H and O–H groups in total. The molecule has 2 rings (SSSR count). The zero-order valence-corrected chi connectivity index (χ0v) is 12.2. The number of benzene rings is 2. The maximum atomic E-state index is 9.68. The summed E-state index contributed by atoms with van der Waals surface area (Å²) < 4.78 is 5.14. The number of phenolic OH excluding ortho intramolecular Hbond substituents is 2. The average molecular weight is 288 g/mol. The zero-order chi connectivity index (χ0) is 15.4. The third kappa shape index (κ3) is 3.20. The monoisotopic (exact) mass is 288 g/mol. The Bertz CT molecular complexity index is 599. The third-order valence-corrected chi connectivity index (χ3v) is 3.54. The number of nitrogens with two attached hydrogens (primary N) is 1. The minimum absolute atomic E-state index is 0.0657. The predicted molar refractivity (Wildman–Crippen MR) is 83.0 cm³/mol. The molecule has 0 bridgehead atoms. The molecule has 5 heteroatoms. The number of hydrogen-bond donors (Lipinski definition) is 3. The Morgan fingerprint density at radius 2 is 1.81 bits per heavy atom. The third-order valence-electron chi connectivity index (χ3n) is 3.54. The molecule has 0 spiro atoms. The first kappa shape index (κ1) is 15.0. The van der Waals surface area contributed by atoms with Crippen LogP contribution in [0.4, 0.5) is 5.69 Å². The van der Waals surface area contributed by atoms with Gasteiger partial charge < -0.3 is 25.6 Å². The van der Waals surface area contributed by atoms with Gasteiger partial charge in [-0.2, -0.15) is 0 Å². The summed E-state index contributed by atoms with van der Waals surface area (Å²) in [6, 6.07) is 12.1. The molecule has 0 saturated carbocycles. The lowest BCUT2D eigenvalue weighted by Gasteiger charge is -2.29. The van der Waals surface area contributed by atoms with Crippen LogP contribution in [-0.2, 0) is 0 Å². The number of phenols is 2. The van der Waals surface area contributed by atoms with Gasteiger partial charge >= 0.3 is 0 Å². The maximum absolute atomic E-state index is 9.68. The maximum Gasteiger partial charge on any atom is 0.160 e. The minimum atomic E-state index is -0.0657. The topological polar surface area (TPSA) is 79.0 Å². The van der Waals surface area contributed by atoms with Crippen molar-refractivity contribution in [3.05, 3.63) is 48.0 Å². The van der Waals surface area contributed by atoms with Crippen LogP contribution in [0.25, 0.3) is 0 Å². The number of aromatic hydroxyl groups is 2. The fourth-order valence-corrected chi connectivity index (χ4v) is 2.29. The molecule has 0 aliphatic heterocycles. The molecule has 0 amide bonds. The molecule has 5 nitrogen and oxygen atoms in total. The van der Waals surface area contributed by atoms with E-state index in [1.807, 2.05) is 30.1 Å². The van der Waals surface area contributed by atoms with E-state index in [1.165, 1.54) is 7.11 Å². The van der Waals surface area contributed by atoms with Gasteiger partial charge in [0.2, 0.25) is 0 Å². The van der Waals surface area contributed by atoms with Crippen LogP contribution in [0.15, 0.2) is 42.5 Å². The van der Waals surface area contributed by atoms with Gasteiger partial charge in [-0.1, -0.05) is 6.07 Å². The molecular weight excluding hydrogens is 268 g/mol. The van der Waals surface area contributed by atoms with Crippen LogP contribution < -0.4 is 15.4 Å². The molecule has 0 fully saturated rings. The summed E-state index contributed by atoms with van der Waals surface area (Å²) in [6.45, 7) is 0.408. The lowest BCUT2D eigenvalue weighted by Crippen LogP contribution is -2.30. The van der Waals surface area contributed by atoms with Crippen molar-refractivity contribution in [2.75, 3.05) is 25.6 Å². The van der Waals surface area contributed by atoms with E-state index in [4.69, 9.17) is 10.5 Å². The van der Waals surface area contributed by atoms with Crippen LogP contribution in [-0.4, -0.2) is 30.9 Å². The highest BCUT2D eigenvalue weighted by molar-refractivity contribution is 5.52. The molecule has 0 aliphatic rings. The van der Waals surface area contributed by atoms with E-state index in [9.17, 15) is 10.2 Å². The SMILES string of the molecule is COc1cc(C(CN)N(C)c2ccc(O)cc2)ccc1O. The summed E-state index contributed by atoms with van der Waals surface area (Å²) in [7, 11) is 3.45. The second-order valence-electron chi connectivity index (χ2n) is 4.81. The highest BCUT2D eigenvalue weighted by Gasteiger charge is 2.17. The molecule has 0 heterocycles. The second-order valence-corrected chi connectivity index (χ2v) is 4.81. The summed E-state index contributed by atoms with van der Waals surface area (Å²) in [5, 5.41) is 19.0. The molecular formula is C16H20N2O3. The Morgan fingerprint density at radius 1 is 1.14 bits per heavy atom. The number of hydrogen-bond acceptors (Lipinski definition) is 5. The van der Waals surface area contributed by atoms with Gasteiger partial charge in [0.25, 0.3) is 0 Å². The number of likely N-dealkylation sites (N-methyl/N-ethyl adjacent to an activating group) is 1. The van der Waals surface area contributed by atoms with Crippen LogP contribution in [0.1, 0.15) is 11.6 Å². The van der Waals surface area contributed by atoms with E-state index in [0.717, 1.165) is 11.3 Å². The van der Waals surface area contributed by atoms with Crippen molar-refractivity contribution in [1.82, 2.24) is 0 Å². The first-order chi connectivity index (χ1) is 10.1. The largest absolute Gasteiger partial charge is 0.508 e. The Kier molecular flexibility index (Phi) is 4.55. The van der Waals surface area contributed by atoms with Gasteiger partial charge in [0.05, 0.1) is 13.2 Å². The molecule has 112 valence electrons. The molecule has 0 radical (unpaired) electrons. The number of anilines is 1. The normalized spacial score (nSPS) is 12.0. The number of rotatable bonds is 5. The molecule has 0 aromatic heterocycles. The van der Waals surface area contributed by atoms with Crippen LogP contribution in [0, 0.1) is 0 Å². The van der Waals surface area contributed by atoms with Crippen molar-refractivity contribution < 1.29 is 14.9 Å². The molecule has 21 heavy (non-hydrogen) atoms. The molecule has 2 aromatic carbocycles. The highest BCUT2D eigenvalue weighted by Crippen LogP contribution is 2.32. The Morgan fingerprint density at radius 3 is 2.38 bits per heavy atom. The summed E-state index contributed by atoms with van der Waals surface area (Å²) in [6.07, 6.45) is 0. The van der Waals surface area contributed by atoms with Gasteiger partial charge in [-0.15, -0.1) is 0 Å². The minimum Gasteiger partial charge on any atom is -0.508 e. The van der Waals surface area contributed by atoms with Gasteiger partial charge in [0.15, 0.2) is 11.5 Å². The van der Waals surface area contributed by atoms with Crippen LogP contribution >= 0.6 is 0 Å². The van der Waals surface area contributed by atoms with Gasteiger partial charge in [-0.05, 0) is 42.0 Å². The fourth-order valence-electron chi connectivity index (χ4n) is 2.29. The number of methoxy groups -OCH3 is 1. The lowest BCUT2D eigenvalue weighted by atomic mass is 10.0. The Hall–Kier alpha value is -2.40. The van der Waals surface area contributed by atoms with Gasteiger partial charge in [0.1, 0.15) is 5.75 Å². The zero-order valence-electron chi connectivity index (χ0n) is 12.2.